The second-order valence-electron chi connectivity index (χ2n) is 6.37. The summed E-state index contributed by atoms with van der Waals surface area (Å²) in [6.45, 7) is 1.97. The molecule has 4 heterocycles. The van der Waals surface area contributed by atoms with Crippen LogP contribution in [0.15, 0.2) is 58.7 Å². The van der Waals surface area contributed by atoms with Gasteiger partial charge in [-0.3, -0.25) is 9.00 Å². The first-order valence-electron chi connectivity index (χ1n) is 8.51. The second kappa shape index (κ2) is 6.03. The molecule has 9 heteroatoms. The average molecular weight is 390 g/mol. The summed E-state index contributed by atoms with van der Waals surface area (Å²) >= 11 is 0. The van der Waals surface area contributed by atoms with Gasteiger partial charge in [0, 0.05) is 24.0 Å². The Morgan fingerprint density at radius 1 is 1.04 bits per heavy atom. The van der Waals surface area contributed by atoms with Gasteiger partial charge in [-0.2, -0.15) is 9.50 Å². The van der Waals surface area contributed by atoms with Crippen molar-refractivity contribution in [3.63, 3.8) is 0 Å². The molecule has 0 aliphatic rings. The fourth-order valence-electron chi connectivity index (χ4n) is 3.37. The predicted molar refractivity (Wildman–Crippen MR) is 106 cm³/mol. The molecule has 1 atom stereocenters. The Morgan fingerprint density at radius 2 is 1.89 bits per heavy atom. The zero-order chi connectivity index (χ0) is 19.4. The maximum absolute atomic E-state index is 13.4. The van der Waals surface area contributed by atoms with Gasteiger partial charge in [0.05, 0.1) is 16.3 Å². The van der Waals surface area contributed by atoms with E-state index in [4.69, 9.17) is 0 Å². The van der Waals surface area contributed by atoms with Crippen molar-refractivity contribution >= 4 is 38.4 Å². The highest BCUT2D eigenvalue weighted by Gasteiger charge is 2.20. The van der Waals surface area contributed by atoms with Crippen LogP contribution >= 0.6 is 0 Å². The van der Waals surface area contributed by atoms with Gasteiger partial charge in [-0.25, -0.2) is 19.6 Å². The van der Waals surface area contributed by atoms with Gasteiger partial charge in [-0.15, -0.1) is 0 Å². The van der Waals surface area contributed by atoms with E-state index in [0.717, 1.165) is 16.5 Å². The Bertz CT molecular complexity index is 1470. The van der Waals surface area contributed by atoms with Gasteiger partial charge >= 0.3 is 0 Å². The molecule has 0 saturated carbocycles. The fourth-order valence-corrected chi connectivity index (χ4v) is 3.79. The molecule has 0 saturated heterocycles. The molecular weight excluding hydrogens is 376 g/mol. The molecule has 0 fully saturated rings. The molecule has 0 radical (unpaired) electrons. The predicted octanol–water partition coefficient (Wildman–Crippen LogP) is 2.02. The van der Waals surface area contributed by atoms with Crippen LogP contribution in [0.3, 0.4) is 0 Å². The van der Waals surface area contributed by atoms with Gasteiger partial charge in [-0.1, -0.05) is 18.2 Å². The summed E-state index contributed by atoms with van der Waals surface area (Å²) < 4.78 is 15.0. The van der Waals surface area contributed by atoms with Crippen molar-refractivity contribution in [1.82, 2.24) is 29.1 Å². The van der Waals surface area contributed by atoms with Gasteiger partial charge in [0.2, 0.25) is 5.16 Å². The molecule has 0 amide bonds. The van der Waals surface area contributed by atoms with Gasteiger partial charge in [-0.05, 0) is 30.7 Å². The van der Waals surface area contributed by atoms with Crippen LogP contribution in [-0.4, -0.2) is 39.6 Å². The third kappa shape index (κ3) is 2.29. The Hall–Kier alpha value is -3.46. The molecule has 5 aromatic rings. The summed E-state index contributed by atoms with van der Waals surface area (Å²) in [7, 11) is -1.37. The lowest BCUT2D eigenvalue weighted by Gasteiger charge is -2.07. The summed E-state index contributed by atoms with van der Waals surface area (Å²) in [5.74, 6) is 0.601. The number of rotatable bonds is 2. The van der Waals surface area contributed by atoms with Crippen LogP contribution in [0.25, 0.3) is 33.4 Å². The number of hydrogen-bond acceptors (Lipinski definition) is 6. The Morgan fingerprint density at radius 3 is 2.64 bits per heavy atom. The van der Waals surface area contributed by atoms with E-state index < -0.39 is 10.8 Å². The zero-order valence-electron chi connectivity index (χ0n) is 15.0. The first-order valence-corrected chi connectivity index (χ1v) is 10.1. The number of aromatic nitrogens is 6. The van der Waals surface area contributed by atoms with Crippen LogP contribution < -0.4 is 5.56 Å². The second-order valence-corrected chi connectivity index (χ2v) is 7.64. The number of aryl methyl sites for hydroxylation is 1. The normalized spacial score (nSPS) is 12.8. The number of fused-ring (bicyclic) bond motifs is 4. The van der Waals surface area contributed by atoms with E-state index in [-0.39, 0.29) is 21.7 Å². The van der Waals surface area contributed by atoms with Crippen LogP contribution in [0.4, 0.5) is 0 Å². The highest BCUT2D eigenvalue weighted by Crippen LogP contribution is 2.26. The molecule has 0 aliphatic heterocycles. The van der Waals surface area contributed by atoms with E-state index in [2.05, 4.69) is 19.9 Å². The SMILES string of the molecule is Cc1cccc2c1c1nc3nc(S(C)=O)ncc3c(=O)n1n2-c1ccccn1. The largest absolute Gasteiger partial charge is 0.284 e. The van der Waals surface area contributed by atoms with Crippen molar-refractivity contribution in [2.75, 3.05) is 6.26 Å². The summed E-state index contributed by atoms with van der Waals surface area (Å²) in [5, 5.41) is 1.24. The van der Waals surface area contributed by atoms with Crippen molar-refractivity contribution < 1.29 is 4.21 Å². The van der Waals surface area contributed by atoms with Crippen molar-refractivity contribution in [1.29, 1.82) is 0 Å². The molecule has 28 heavy (non-hydrogen) atoms. The minimum atomic E-state index is -1.37. The highest BCUT2D eigenvalue weighted by atomic mass is 32.2. The molecule has 138 valence electrons. The van der Waals surface area contributed by atoms with Gasteiger partial charge < -0.3 is 0 Å². The molecule has 4 aromatic heterocycles. The monoisotopic (exact) mass is 390 g/mol. The molecule has 8 nitrogen and oxygen atoms in total. The quantitative estimate of drug-likeness (QED) is 0.428. The lowest BCUT2D eigenvalue weighted by molar-refractivity contribution is 0.680. The minimum absolute atomic E-state index is 0.147. The third-order valence-corrected chi connectivity index (χ3v) is 5.32. The molecule has 0 spiro atoms. The Balaban J connectivity index is 2.05. The number of nitrogens with zero attached hydrogens (tertiary/aromatic N) is 6. The standard InChI is InChI=1S/C19H14N6O2S/c1-11-6-5-7-13-15(11)17-22-16-12(10-21-19(23-16)28(2)27)18(26)25(17)24(13)14-8-3-4-9-20-14/h3-10H,1-2H3. The van der Waals surface area contributed by atoms with Crippen LogP contribution in [-0.2, 0) is 10.8 Å². The molecule has 1 aromatic carbocycles. The van der Waals surface area contributed by atoms with Crippen LogP contribution in [0.1, 0.15) is 5.56 Å². The first-order chi connectivity index (χ1) is 13.6. The van der Waals surface area contributed by atoms with E-state index >= 15 is 0 Å². The summed E-state index contributed by atoms with van der Waals surface area (Å²) in [4.78, 5) is 30.7. The van der Waals surface area contributed by atoms with Crippen molar-refractivity contribution in [3.05, 3.63) is 64.7 Å². The van der Waals surface area contributed by atoms with Crippen molar-refractivity contribution in [2.24, 2.45) is 0 Å². The Labute approximate surface area is 161 Å². The van der Waals surface area contributed by atoms with Crippen LogP contribution in [0.5, 0.6) is 0 Å². The maximum Gasteiger partial charge on any atom is 0.284 e. The zero-order valence-corrected chi connectivity index (χ0v) is 15.8. The summed E-state index contributed by atoms with van der Waals surface area (Å²) in [6, 6.07) is 11.3. The third-order valence-electron chi connectivity index (χ3n) is 4.61. The minimum Gasteiger partial charge on any atom is -0.266 e. The van der Waals surface area contributed by atoms with E-state index in [1.54, 1.807) is 10.9 Å². The Kier molecular flexibility index (Phi) is 3.59. The number of hydrogen-bond donors (Lipinski definition) is 0. The molecule has 0 bridgehead atoms. The number of pyridine rings is 1. The van der Waals surface area contributed by atoms with E-state index in [1.807, 2.05) is 43.3 Å². The first kappa shape index (κ1) is 16.7. The molecular formula is C19H14N6O2S. The lowest BCUT2D eigenvalue weighted by Crippen LogP contribution is -2.22. The number of benzene rings is 1. The van der Waals surface area contributed by atoms with E-state index in [0.29, 0.717) is 11.5 Å². The highest BCUT2D eigenvalue weighted by molar-refractivity contribution is 7.84. The summed E-state index contributed by atoms with van der Waals surface area (Å²) in [5.41, 5.74) is 2.18. The van der Waals surface area contributed by atoms with Crippen LogP contribution in [0, 0.1) is 6.92 Å². The molecule has 0 aliphatic carbocycles. The molecule has 1 unspecified atom stereocenters. The lowest BCUT2D eigenvalue weighted by atomic mass is 10.1. The van der Waals surface area contributed by atoms with Gasteiger partial charge in [0.15, 0.2) is 17.1 Å². The van der Waals surface area contributed by atoms with Crippen LogP contribution in [0.2, 0.25) is 0 Å². The van der Waals surface area contributed by atoms with E-state index in [9.17, 15) is 9.00 Å². The van der Waals surface area contributed by atoms with Gasteiger partial charge in [0.25, 0.3) is 5.56 Å². The maximum atomic E-state index is 13.4. The average Bonchev–Trinajstić information content (AvgIpc) is 3.04. The summed E-state index contributed by atoms with van der Waals surface area (Å²) in [6.07, 6.45) is 4.55. The smallest absolute Gasteiger partial charge is 0.266 e. The fraction of sp³-hybridized carbons (Fsp3) is 0.105. The molecule has 0 N–H and O–H groups in total. The van der Waals surface area contributed by atoms with Crippen molar-refractivity contribution in [2.45, 2.75) is 12.1 Å². The van der Waals surface area contributed by atoms with Crippen molar-refractivity contribution in [3.8, 4) is 5.82 Å². The van der Waals surface area contributed by atoms with Gasteiger partial charge in [0.1, 0.15) is 5.39 Å². The molecule has 5 rings (SSSR count). The van der Waals surface area contributed by atoms with E-state index in [1.165, 1.54) is 17.0 Å². The topological polar surface area (TPSA) is 95.0 Å².